The molecule has 0 spiro atoms. The third-order valence-electron chi connectivity index (χ3n) is 3.81. The highest BCUT2D eigenvalue weighted by Gasteiger charge is 2.33. The predicted octanol–water partition coefficient (Wildman–Crippen LogP) is 2.28. The summed E-state index contributed by atoms with van der Waals surface area (Å²) in [5.74, 6) is 1.73. The van der Waals surface area contributed by atoms with Gasteiger partial charge in [-0.2, -0.15) is 0 Å². The fourth-order valence-electron chi connectivity index (χ4n) is 3.00. The molecular weight excluding hydrogens is 214 g/mol. The molecule has 1 aliphatic heterocycles. The average Bonchev–Trinajstić information content (AvgIpc) is 2.71. The second kappa shape index (κ2) is 6.53. The van der Waals surface area contributed by atoms with Crippen LogP contribution in [0.5, 0.6) is 0 Å². The number of fused-ring (bicyclic) bond motifs is 1. The molecule has 0 unspecified atom stereocenters. The molecule has 0 aromatic rings. The lowest BCUT2D eigenvalue weighted by Crippen LogP contribution is -2.34. The number of allylic oxidation sites excluding steroid dienone is 2. The largest absolute Gasteiger partial charge is 0.352 e. The van der Waals surface area contributed by atoms with Crippen molar-refractivity contribution < 1.29 is 9.47 Å². The van der Waals surface area contributed by atoms with Crippen molar-refractivity contribution in [2.24, 2.45) is 11.8 Å². The molecular formula is C14H25NO2. The van der Waals surface area contributed by atoms with Crippen molar-refractivity contribution in [3.05, 3.63) is 12.2 Å². The molecule has 1 aliphatic carbocycles. The second-order valence-electron chi connectivity index (χ2n) is 5.02. The third-order valence-corrected chi connectivity index (χ3v) is 3.81. The first-order chi connectivity index (χ1) is 8.33. The Balaban J connectivity index is 1.79. The Morgan fingerprint density at radius 2 is 1.59 bits per heavy atom. The van der Waals surface area contributed by atoms with Gasteiger partial charge in [0, 0.05) is 32.8 Å². The van der Waals surface area contributed by atoms with Crippen LogP contribution in [-0.2, 0) is 9.47 Å². The van der Waals surface area contributed by atoms with Gasteiger partial charge in [-0.25, -0.2) is 0 Å². The smallest absolute Gasteiger partial charge is 0.170 e. The molecule has 2 aliphatic rings. The SMILES string of the molecule is CCOC(CN1C[C@H]2CC=CC[C@@H]2C1)OCC. The van der Waals surface area contributed by atoms with Gasteiger partial charge in [0.1, 0.15) is 0 Å². The molecule has 2 atom stereocenters. The molecule has 1 fully saturated rings. The first-order valence-electron chi connectivity index (χ1n) is 6.94. The molecule has 3 nitrogen and oxygen atoms in total. The molecule has 98 valence electrons. The lowest BCUT2D eigenvalue weighted by atomic mass is 9.86. The number of hydrogen-bond donors (Lipinski definition) is 0. The van der Waals surface area contributed by atoms with Crippen LogP contribution in [0.3, 0.4) is 0 Å². The maximum atomic E-state index is 5.62. The Kier molecular flexibility index (Phi) is 5.01. The summed E-state index contributed by atoms with van der Waals surface area (Å²) in [6.07, 6.45) is 7.16. The van der Waals surface area contributed by atoms with Crippen molar-refractivity contribution in [1.29, 1.82) is 0 Å². The number of nitrogens with zero attached hydrogens (tertiary/aromatic N) is 1. The third kappa shape index (κ3) is 3.54. The summed E-state index contributed by atoms with van der Waals surface area (Å²) < 4.78 is 11.2. The summed E-state index contributed by atoms with van der Waals surface area (Å²) >= 11 is 0. The van der Waals surface area contributed by atoms with E-state index in [1.165, 1.54) is 25.9 Å². The molecule has 3 heteroatoms. The van der Waals surface area contributed by atoms with Crippen LogP contribution in [0.1, 0.15) is 26.7 Å². The number of likely N-dealkylation sites (tertiary alicyclic amines) is 1. The molecule has 0 radical (unpaired) electrons. The Morgan fingerprint density at radius 3 is 2.06 bits per heavy atom. The van der Waals surface area contributed by atoms with Gasteiger partial charge in [0.15, 0.2) is 6.29 Å². The van der Waals surface area contributed by atoms with Gasteiger partial charge < -0.3 is 9.47 Å². The minimum Gasteiger partial charge on any atom is -0.352 e. The average molecular weight is 239 g/mol. The zero-order chi connectivity index (χ0) is 12.1. The lowest BCUT2D eigenvalue weighted by Gasteiger charge is -2.23. The van der Waals surface area contributed by atoms with E-state index in [1.54, 1.807) is 0 Å². The topological polar surface area (TPSA) is 21.7 Å². The van der Waals surface area contributed by atoms with Crippen LogP contribution in [0.2, 0.25) is 0 Å². The molecule has 0 aromatic carbocycles. The van der Waals surface area contributed by atoms with Crippen LogP contribution in [0.15, 0.2) is 12.2 Å². The van der Waals surface area contributed by atoms with Crippen LogP contribution >= 0.6 is 0 Å². The van der Waals surface area contributed by atoms with Gasteiger partial charge in [-0.05, 0) is 38.5 Å². The summed E-state index contributed by atoms with van der Waals surface area (Å²) in [6.45, 7) is 8.87. The van der Waals surface area contributed by atoms with Crippen LogP contribution in [0, 0.1) is 11.8 Å². The fourth-order valence-corrected chi connectivity index (χ4v) is 3.00. The normalized spacial score (nSPS) is 28.9. The molecule has 0 aromatic heterocycles. The monoisotopic (exact) mass is 239 g/mol. The van der Waals surface area contributed by atoms with Crippen LogP contribution in [0.25, 0.3) is 0 Å². The highest BCUT2D eigenvalue weighted by molar-refractivity contribution is 4.99. The van der Waals surface area contributed by atoms with Crippen LogP contribution in [0.4, 0.5) is 0 Å². The van der Waals surface area contributed by atoms with E-state index >= 15 is 0 Å². The second-order valence-corrected chi connectivity index (χ2v) is 5.02. The van der Waals surface area contributed by atoms with Gasteiger partial charge in [0.2, 0.25) is 0 Å². The first-order valence-corrected chi connectivity index (χ1v) is 6.94. The van der Waals surface area contributed by atoms with Crippen molar-refractivity contribution in [1.82, 2.24) is 4.90 Å². The summed E-state index contributed by atoms with van der Waals surface area (Å²) in [5.41, 5.74) is 0. The Hall–Kier alpha value is -0.380. The highest BCUT2D eigenvalue weighted by Crippen LogP contribution is 2.32. The molecule has 17 heavy (non-hydrogen) atoms. The van der Waals surface area contributed by atoms with Crippen LogP contribution in [-0.4, -0.2) is 44.0 Å². The van der Waals surface area contributed by atoms with E-state index in [2.05, 4.69) is 17.1 Å². The van der Waals surface area contributed by atoms with Crippen molar-refractivity contribution in [3.8, 4) is 0 Å². The van der Waals surface area contributed by atoms with E-state index in [1.807, 2.05) is 13.8 Å². The van der Waals surface area contributed by atoms with Gasteiger partial charge in [-0.3, -0.25) is 4.90 Å². The first kappa shape index (κ1) is 13.1. The van der Waals surface area contributed by atoms with Gasteiger partial charge in [-0.1, -0.05) is 12.2 Å². The van der Waals surface area contributed by atoms with Crippen LogP contribution < -0.4 is 0 Å². The maximum Gasteiger partial charge on any atom is 0.170 e. The molecule has 0 saturated carbocycles. The predicted molar refractivity (Wildman–Crippen MR) is 68.8 cm³/mol. The Morgan fingerprint density at radius 1 is 1.06 bits per heavy atom. The molecule has 2 rings (SSSR count). The Labute approximate surface area is 105 Å². The summed E-state index contributed by atoms with van der Waals surface area (Å²) in [4.78, 5) is 2.51. The Bertz CT molecular complexity index is 233. The zero-order valence-corrected chi connectivity index (χ0v) is 11.1. The minimum absolute atomic E-state index is 0.0434. The van der Waals surface area contributed by atoms with E-state index in [9.17, 15) is 0 Å². The molecule has 1 heterocycles. The summed E-state index contributed by atoms with van der Waals surface area (Å²) in [6, 6.07) is 0. The van der Waals surface area contributed by atoms with E-state index in [-0.39, 0.29) is 6.29 Å². The van der Waals surface area contributed by atoms with E-state index in [0.717, 1.165) is 31.6 Å². The van der Waals surface area contributed by atoms with E-state index in [0.29, 0.717) is 0 Å². The van der Waals surface area contributed by atoms with Gasteiger partial charge >= 0.3 is 0 Å². The van der Waals surface area contributed by atoms with Gasteiger partial charge in [-0.15, -0.1) is 0 Å². The molecule has 1 saturated heterocycles. The number of hydrogen-bond acceptors (Lipinski definition) is 3. The van der Waals surface area contributed by atoms with E-state index < -0.39 is 0 Å². The zero-order valence-electron chi connectivity index (χ0n) is 11.1. The summed E-state index contributed by atoms with van der Waals surface area (Å²) in [7, 11) is 0. The highest BCUT2D eigenvalue weighted by atomic mass is 16.7. The molecule has 0 amide bonds. The minimum atomic E-state index is -0.0434. The number of ether oxygens (including phenoxy) is 2. The van der Waals surface area contributed by atoms with Crippen molar-refractivity contribution in [2.45, 2.75) is 33.0 Å². The maximum absolute atomic E-state index is 5.62. The fraction of sp³-hybridized carbons (Fsp3) is 0.857. The summed E-state index contributed by atoms with van der Waals surface area (Å²) in [5, 5.41) is 0. The molecule has 0 bridgehead atoms. The lowest BCUT2D eigenvalue weighted by molar-refractivity contribution is -0.145. The van der Waals surface area contributed by atoms with Crippen molar-refractivity contribution in [3.63, 3.8) is 0 Å². The quantitative estimate of drug-likeness (QED) is 0.524. The number of rotatable bonds is 6. The van der Waals surface area contributed by atoms with Crippen molar-refractivity contribution in [2.75, 3.05) is 32.8 Å². The van der Waals surface area contributed by atoms with Gasteiger partial charge in [0.05, 0.1) is 0 Å². The van der Waals surface area contributed by atoms with Crippen molar-refractivity contribution >= 4 is 0 Å². The van der Waals surface area contributed by atoms with Gasteiger partial charge in [0.25, 0.3) is 0 Å². The standard InChI is InChI=1S/C14H25NO2/c1-3-16-14(17-4-2)11-15-9-12-7-5-6-8-13(12)10-15/h5-6,12-14H,3-4,7-11H2,1-2H3/t12-,13-/m1/s1. The van der Waals surface area contributed by atoms with E-state index in [4.69, 9.17) is 9.47 Å². The molecule has 0 N–H and O–H groups in total.